The second-order valence-electron chi connectivity index (χ2n) is 6.61. The van der Waals surface area contributed by atoms with Crippen molar-refractivity contribution in [2.24, 2.45) is 11.8 Å². The summed E-state index contributed by atoms with van der Waals surface area (Å²) in [5.41, 5.74) is 0.292. The molecule has 0 radical (unpaired) electrons. The summed E-state index contributed by atoms with van der Waals surface area (Å²) in [5, 5.41) is 3.10. The lowest BCUT2D eigenvalue weighted by atomic mass is 10.0. The molecule has 102 valence electrons. The van der Waals surface area contributed by atoms with E-state index in [1.807, 2.05) is 7.05 Å². The number of rotatable bonds is 1. The summed E-state index contributed by atoms with van der Waals surface area (Å²) in [5.74, 6) is 4.91. The van der Waals surface area contributed by atoms with Crippen molar-refractivity contribution in [3.63, 3.8) is 0 Å². The minimum Gasteiger partial charge on any atom is -0.315 e. The van der Waals surface area contributed by atoms with E-state index in [9.17, 15) is 0 Å². The second-order valence-corrected chi connectivity index (χ2v) is 7.68. The zero-order valence-electron chi connectivity index (χ0n) is 12.4. The molecule has 2 aliphatic rings. The highest BCUT2D eigenvalue weighted by Crippen LogP contribution is 2.36. The first-order valence-corrected chi connectivity index (χ1v) is 7.99. The Hall–Kier alpha value is 0.270. The maximum Gasteiger partial charge on any atom is 0.00935 e. The minimum atomic E-state index is 0.292. The zero-order valence-corrected chi connectivity index (χ0v) is 13.2. The molecule has 0 bridgehead atoms. The zero-order chi connectivity index (χ0) is 13.1. The SMILES string of the molecule is CC(C)N1CC2CSCC2C1.CNC(C)(C)C. The lowest BCUT2D eigenvalue weighted by Gasteiger charge is -2.20. The Bertz CT molecular complexity index is 211. The highest BCUT2D eigenvalue weighted by molar-refractivity contribution is 7.99. The van der Waals surface area contributed by atoms with Crippen molar-refractivity contribution in [3.05, 3.63) is 0 Å². The third-order valence-electron chi connectivity index (χ3n) is 3.75. The Morgan fingerprint density at radius 3 is 1.82 bits per heavy atom. The molecule has 2 heterocycles. The predicted molar refractivity (Wildman–Crippen MR) is 79.8 cm³/mol. The first kappa shape index (κ1) is 15.3. The summed E-state index contributed by atoms with van der Waals surface area (Å²) in [6, 6.07) is 0.769. The predicted octanol–water partition coefficient (Wildman–Crippen LogP) is 2.69. The molecule has 2 unspecified atom stereocenters. The molecule has 0 aliphatic carbocycles. The number of likely N-dealkylation sites (tertiary alicyclic amines) is 1. The number of hydrogen-bond donors (Lipinski definition) is 1. The van der Waals surface area contributed by atoms with Crippen LogP contribution in [0.3, 0.4) is 0 Å². The number of nitrogens with zero attached hydrogens (tertiary/aromatic N) is 1. The molecule has 2 saturated heterocycles. The van der Waals surface area contributed by atoms with Gasteiger partial charge < -0.3 is 10.2 Å². The van der Waals surface area contributed by atoms with Crippen LogP contribution in [0, 0.1) is 11.8 Å². The monoisotopic (exact) mass is 258 g/mol. The van der Waals surface area contributed by atoms with Crippen LogP contribution < -0.4 is 5.32 Å². The molecule has 2 fully saturated rings. The Morgan fingerprint density at radius 1 is 1.12 bits per heavy atom. The van der Waals surface area contributed by atoms with E-state index < -0.39 is 0 Å². The molecule has 0 amide bonds. The van der Waals surface area contributed by atoms with Gasteiger partial charge in [0.25, 0.3) is 0 Å². The van der Waals surface area contributed by atoms with Crippen LogP contribution in [0.15, 0.2) is 0 Å². The van der Waals surface area contributed by atoms with Crippen molar-refractivity contribution in [1.82, 2.24) is 10.2 Å². The molecule has 0 aromatic carbocycles. The van der Waals surface area contributed by atoms with Crippen molar-refractivity contribution in [1.29, 1.82) is 0 Å². The Balaban J connectivity index is 0.000000209. The van der Waals surface area contributed by atoms with Crippen LogP contribution in [0.1, 0.15) is 34.6 Å². The van der Waals surface area contributed by atoms with Crippen molar-refractivity contribution in [2.75, 3.05) is 31.6 Å². The van der Waals surface area contributed by atoms with Crippen molar-refractivity contribution in [2.45, 2.75) is 46.2 Å². The van der Waals surface area contributed by atoms with Crippen molar-refractivity contribution in [3.8, 4) is 0 Å². The van der Waals surface area contributed by atoms with Gasteiger partial charge in [0.1, 0.15) is 0 Å². The normalized spacial score (nSPS) is 29.1. The second kappa shape index (κ2) is 6.44. The molecule has 1 N–H and O–H groups in total. The van der Waals surface area contributed by atoms with E-state index >= 15 is 0 Å². The van der Waals surface area contributed by atoms with E-state index in [0.29, 0.717) is 5.54 Å². The van der Waals surface area contributed by atoms with Crippen molar-refractivity contribution < 1.29 is 0 Å². The molecule has 0 spiro atoms. The fourth-order valence-electron chi connectivity index (χ4n) is 2.15. The summed E-state index contributed by atoms with van der Waals surface area (Å²) in [4.78, 5) is 2.63. The standard InChI is InChI=1S/C9H17NS.C5H13N/c1-7(2)10-3-8-5-11-6-9(8)4-10;1-5(2,3)6-4/h7-9H,3-6H2,1-2H3;6H,1-4H3. The molecule has 2 atom stereocenters. The molecule has 0 aromatic heterocycles. The topological polar surface area (TPSA) is 15.3 Å². The van der Waals surface area contributed by atoms with E-state index in [4.69, 9.17) is 0 Å². The molecule has 0 saturated carbocycles. The number of fused-ring (bicyclic) bond motifs is 1. The Labute approximate surface area is 112 Å². The Kier molecular flexibility index (Phi) is 5.81. The smallest absolute Gasteiger partial charge is 0.00935 e. The molecular weight excluding hydrogens is 228 g/mol. The van der Waals surface area contributed by atoms with Gasteiger partial charge in [-0.3, -0.25) is 0 Å². The summed E-state index contributed by atoms with van der Waals surface area (Å²) in [7, 11) is 1.96. The molecule has 2 nitrogen and oxygen atoms in total. The van der Waals surface area contributed by atoms with Crippen LogP contribution in [0.5, 0.6) is 0 Å². The van der Waals surface area contributed by atoms with Gasteiger partial charge in [0, 0.05) is 24.7 Å². The first-order valence-electron chi connectivity index (χ1n) is 6.84. The quantitative estimate of drug-likeness (QED) is 0.778. The van der Waals surface area contributed by atoms with Crippen LogP contribution in [0.4, 0.5) is 0 Å². The maximum atomic E-state index is 3.10. The van der Waals surface area contributed by atoms with Gasteiger partial charge in [0.05, 0.1) is 0 Å². The molecular formula is C14H30N2S. The van der Waals surface area contributed by atoms with Gasteiger partial charge >= 0.3 is 0 Å². The van der Waals surface area contributed by atoms with E-state index in [-0.39, 0.29) is 0 Å². The fourth-order valence-corrected chi connectivity index (χ4v) is 3.64. The average molecular weight is 258 g/mol. The summed E-state index contributed by atoms with van der Waals surface area (Å²) in [6.07, 6.45) is 0. The molecule has 2 aliphatic heterocycles. The Morgan fingerprint density at radius 2 is 1.53 bits per heavy atom. The molecule has 3 heteroatoms. The lowest BCUT2D eigenvalue weighted by molar-refractivity contribution is 0.263. The molecule has 17 heavy (non-hydrogen) atoms. The van der Waals surface area contributed by atoms with E-state index in [0.717, 1.165) is 17.9 Å². The summed E-state index contributed by atoms with van der Waals surface area (Å²) in [6.45, 7) is 13.8. The van der Waals surface area contributed by atoms with Crippen LogP contribution in [-0.4, -0.2) is 48.1 Å². The highest BCUT2D eigenvalue weighted by Gasteiger charge is 2.37. The van der Waals surface area contributed by atoms with E-state index in [1.165, 1.54) is 24.6 Å². The number of nitrogens with one attached hydrogen (secondary N) is 1. The van der Waals surface area contributed by atoms with Gasteiger partial charge in [0.2, 0.25) is 0 Å². The summed E-state index contributed by atoms with van der Waals surface area (Å²) < 4.78 is 0. The van der Waals surface area contributed by atoms with Gasteiger partial charge in [-0.15, -0.1) is 0 Å². The van der Waals surface area contributed by atoms with Gasteiger partial charge in [-0.05, 0) is 65.0 Å². The molecule has 2 rings (SSSR count). The van der Waals surface area contributed by atoms with Crippen molar-refractivity contribution >= 4 is 11.8 Å². The highest BCUT2D eigenvalue weighted by atomic mass is 32.2. The van der Waals surface area contributed by atoms with Gasteiger partial charge in [-0.2, -0.15) is 11.8 Å². The van der Waals surface area contributed by atoms with Gasteiger partial charge in [-0.1, -0.05) is 0 Å². The maximum absolute atomic E-state index is 3.10. The minimum absolute atomic E-state index is 0.292. The van der Waals surface area contributed by atoms with E-state index in [2.05, 4.69) is 56.6 Å². The average Bonchev–Trinajstić information content (AvgIpc) is 2.76. The first-order chi connectivity index (χ1) is 7.83. The third-order valence-corrected chi connectivity index (χ3v) is 5.08. The number of hydrogen-bond acceptors (Lipinski definition) is 3. The summed E-state index contributed by atoms with van der Waals surface area (Å²) >= 11 is 2.15. The lowest BCUT2D eigenvalue weighted by Crippen LogP contribution is -2.31. The largest absolute Gasteiger partial charge is 0.315 e. The van der Waals surface area contributed by atoms with Crippen LogP contribution in [-0.2, 0) is 0 Å². The van der Waals surface area contributed by atoms with Crippen LogP contribution in [0.2, 0.25) is 0 Å². The van der Waals surface area contributed by atoms with Gasteiger partial charge in [-0.25, -0.2) is 0 Å². The van der Waals surface area contributed by atoms with Crippen LogP contribution >= 0.6 is 11.8 Å². The fraction of sp³-hybridized carbons (Fsp3) is 1.00. The van der Waals surface area contributed by atoms with Crippen LogP contribution in [0.25, 0.3) is 0 Å². The van der Waals surface area contributed by atoms with Gasteiger partial charge in [0.15, 0.2) is 0 Å². The third kappa shape index (κ3) is 5.19. The number of thioether (sulfide) groups is 1. The molecule has 0 aromatic rings. The van der Waals surface area contributed by atoms with E-state index in [1.54, 1.807) is 0 Å².